The SMILES string of the molecule is O=S(=O)([O-])c1cc2c(nc(-c3ccccc3)n2Nc2ccccc2)c2ccccc12. The lowest BCUT2D eigenvalue weighted by Crippen LogP contribution is -2.11. The van der Waals surface area contributed by atoms with E-state index in [0.29, 0.717) is 27.6 Å². The summed E-state index contributed by atoms with van der Waals surface area (Å²) >= 11 is 0. The average Bonchev–Trinajstić information content (AvgIpc) is 3.12. The zero-order valence-corrected chi connectivity index (χ0v) is 16.5. The van der Waals surface area contributed by atoms with E-state index < -0.39 is 10.1 Å². The molecule has 30 heavy (non-hydrogen) atoms. The third kappa shape index (κ3) is 3.10. The van der Waals surface area contributed by atoms with Crippen LogP contribution < -0.4 is 5.43 Å². The Morgan fingerprint density at radius 1 is 0.800 bits per heavy atom. The third-order valence-electron chi connectivity index (χ3n) is 4.94. The highest BCUT2D eigenvalue weighted by Gasteiger charge is 2.19. The van der Waals surface area contributed by atoms with Crippen LogP contribution in [0.15, 0.2) is 95.9 Å². The van der Waals surface area contributed by atoms with Crippen molar-refractivity contribution in [1.82, 2.24) is 9.66 Å². The van der Waals surface area contributed by atoms with Crippen LogP contribution in [0.25, 0.3) is 33.2 Å². The lowest BCUT2D eigenvalue weighted by molar-refractivity contribution is 0.464. The third-order valence-corrected chi connectivity index (χ3v) is 5.82. The Kier molecular flexibility index (Phi) is 4.27. The van der Waals surface area contributed by atoms with E-state index in [4.69, 9.17) is 4.98 Å². The predicted molar refractivity (Wildman–Crippen MR) is 116 cm³/mol. The second kappa shape index (κ2) is 6.98. The molecular weight excluding hydrogens is 398 g/mol. The highest BCUT2D eigenvalue weighted by molar-refractivity contribution is 7.86. The van der Waals surface area contributed by atoms with Gasteiger partial charge in [-0.1, -0.05) is 72.8 Å². The minimum atomic E-state index is -4.68. The van der Waals surface area contributed by atoms with Gasteiger partial charge in [0.25, 0.3) is 0 Å². The summed E-state index contributed by atoms with van der Waals surface area (Å²) in [5, 5.41) is 0.971. The average molecular weight is 414 g/mol. The van der Waals surface area contributed by atoms with Gasteiger partial charge in [-0.05, 0) is 18.2 Å². The molecule has 0 radical (unpaired) electrons. The Morgan fingerprint density at radius 2 is 1.40 bits per heavy atom. The molecule has 0 aliphatic heterocycles. The summed E-state index contributed by atoms with van der Waals surface area (Å²) in [5.74, 6) is 0.611. The lowest BCUT2D eigenvalue weighted by atomic mass is 10.1. The minimum absolute atomic E-state index is 0.263. The number of nitrogens with one attached hydrogen (secondary N) is 1. The van der Waals surface area contributed by atoms with E-state index in [1.165, 1.54) is 6.07 Å². The number of aromatic nitrogens is 2. The number of rotatable bonds is 4. The van der Waals surface area contributed by atoms with Crippen LogP contribution in [0.1, 0.15) is 0 Å². The largest absolute Gasteiger partial charge is 0.744 e. The molecule has 1 aromatic heterocycles. The summed E-state index contributed by atoms with van der Waals surface area (Å²) in [6, 6.07) is 27.4. The Morgan fingerprint density at radius 3 is 2.07 bits per heavy atom. The van der Waals surface area contributed by atoms with Crippen molar-refractivity contribution in [1.29, 1.82) is 0 Å². The lowest BCUT2D eigenvalue weighted by Gasteiger charge is -2.15. The van der Waals surface area contributed by atoms with Crippen LogP contribution in [0, 0.1) is 0 Å². The standard InChI is InChI=1S/C23H17N3O3S/c27-30(28,29)21-15-20-22(19-14-8-7-13-18(19)21)24-23(16-9-3-1-4-10-16)26(20)25-17-11-5-2-6-12-17/h1-15,25H,(H,27,28,29)/p-1. The molecule has 0 spiro atoms. The van der Waals surface area contributed by atoms with E-state index in [1.807, 2.05) is 60.7 Å². The van der Waals surface area contributed by atoms with Crippen LogP contribution in [0.3, 0.4) is 0 Å². The van der Waals surface area contributed by atoms with Crippen molar-refractivity contribution in [3.8, 4) is 11.4 Å². The number of fused-ring (bicyclic) bond motifs is 3. The number of hydrogen-bond donors (Lipinski definition) is 1. The Bertz CT molecular complexity index is 1480. The topological polar surface area (TPSA) is 87.1 Å². The number of imidazole rings is 1. The monoisotopic (exact) mass is 414 g/mol. The van der Waals surface area contributed by atoms with Gasteiger partial charge in [0.05, 0.1) is 21.6 Å². The van der Waals surface area contributed by atoms with Crippen LogP contribution >= 0.6 is 0 Å². The molecule has 6 nitrogen and oxygen atoms in total. The summed E-state index contributed by atoms with van der Waals surface area (Å²) in [4.78, 5) is 4.57. The number of nitrogens with zero attached hydrogens (tertiary/aromatic N) is 2. The molecule has 0 saturated carbocycles. The first-order chi connectivity index (χ1) is 14.5. The second-order valence-corrected chi connectivity index (χ2v) is 8.20. The number of hydrogen-bond acceptors (Lipinski definition) is 5. The molecule has 5 aromatic rings. The molecule has 0 saturated heterocycles. The van der Waals surface area contributed by atoms with Gasteiger partial charge >= 0.3 is 0 Å². The van der Waals surface area contributed by atoms with Gasteiger partial charge in [0.15, 0.2) is 5.82 Å². The fourth-order valence-corrected chi connectivity index (χ4v) is 4.32. The maximum atomic E-state index is 12.0. The summed E-state index contributed by atoms with van der Waals surface area (Å²) in [7, 11) is -4.68. The molecule has 1 N–H and O–H groups in total. The first-order valence-electron chi connectivity index (χ1n) is 9.30. The molecule has 4 aromatic carbocycles. The molecule has 5 rings (SSSR count). The van der Waals surface area contributed by atoms with Gasteiger partial charge in [0.2, 0.25) is 0 Å². The van der Waals surface area contributed by atoms with Gasteiger partial charge in [0.1, 0.15) is 10.1 Å². The fraction of sp³-hybridized carbons (Fsp3) is 0. The van der Waals surface area contributed by atoms with Gasteiger partial charge in [-0.15, -0.1) is 0 Å². The highest BCUT2D eigenvalue weighted by Crippen LogP contribution is 2.34. The van der Waals surface area contributed by atoms with Crippen molar-refractivity contribution in [2.45, 2.75) is 4.90 Å². The van der Waals surface area contributed by atoms with Crippen molar-refractivity contribution in [2.75, 3.05) is 5.43 Å². The summed E-state index contributed by atoms with van der Waals surface area (Å²) in [6.07, 6.45) is 0. The predicted octanol–water partition coefficient (Wildman–Crippen LogP) is 4.64. The van der Waals surface area contributed by atoms with Crippen LogP contribution in [0.5, 0.6) is 0 Å². The normalized spacial score (nSPS) is 11.8. The van der Waals surface area contributed by atoms with Crippen LogP contribution in [0.4, 0.5) is 5.69 Å². The van der Waals surface area contributed by atoms with Gasteiger partial charge in [-0.25, -0.2) is 18.1 Å². The smallest absolute Gasteiger partial charge is 0.159 e. The quantitative estimate of drug-likeness (QED) is 0.433. The van der Waals surface area contributed by atoms with Gasteiger partial charge < -0.3 is 4.55 Å². The Balaban J connectivity index is 1.90. The van der Waals surface area contributed by atoms with E-state index in [1.54, 1.807) is 28.9 Å². The van der Waals surface area contributed by atoms with E-state index in [2.05, 4.69) is 5.43 Å². The maximum absolute atomic E-state index is 12.0. The van der Waals surface area contributed by atoms with Gasteiger partial charge in [0, 0.05) is 16.3 Å². The van der Waals surface area contributed by atoms with Crippen LogP contribution in [-0.2, 0) is 10.1 Å². The highest BCUT2D eigenvalue weighted by atomic mass is 32.2. The zero-order chi connectivity index (χ0) is 20.7. The summed E-state index contributed by atoms with van der Waals surface area (Å²) < 4.78 is 37.8. The van der Waals surface area contributed by atoms with Crippen molar-refractivity contribution in [3.63, 3.8) is 0 Å². The Hall–Kier alpha value is -3.68. The van der Waals surface area contributed by atoms with E-state index in [9.17, 15) is 13.0 Å². The first kappa shape index (κ1) is 18.4. The fourth-order valence-electron chi connectivity index (χ4n) is 3.61. The van der Waals surface area contributed by atoms with Gasteiger partial charge in [-0.3, -0.25) is 5.43 Å². The van der Waals surface area contributed by atoms with E-state index >= 15 is 0 Å². The molecule has 7 heteroatoms. The molecule has 0 fully saturated rings. The Labute approximate surface area is 173 Å². The van der Waals surface area contributed by atoms with Crippen LogP contribution in [-0.4, -0.2) is 22.6 Å². The van der Waals surface area contributed by atoms with E-state index in [0.717, 1.165) is 11.3 Å². The van der Waals surface area contributed by atoms with E-state index in [-0.39, 0.29) is 4.90 Å². The molecule has 0 unspecified atom stereocenters. The van der Waals surface area contributed by atoms with Crippen LogP contribution in [0.2, 0.25) is 0 Å². The number of para-hydroxylation sites is 1. The number of benzene rings is 4. The molecule has 1 heterocycles. The summed E-state index contributed by atoms with van der Waals surface area (Å²) in [5.41, 5.74) is 6.07. The van der Waals surface area contributed by atoms with Crippen molar-refractivity contribution in [3.05, 3.63) is 91.0 Å². The van der Waals surface area contributed by atoms with Crippen molar-refractivity contribution < 1.29 is 13.0 Å². The molecule has 0 aliphatic carbocycles. The molecule has 148 valence electrons. The summed E-state index contributed by atoms with van der Waals surface area (Å²) in [6.45, 7) is 0. The number of anilines is 1. The second-order valence-electron chi connectivity index (χ2n) is 6.86. The molecule has 0 atom stereocenters. The minimum Gasteiger partial charge on any atom is -0.744 e. The van der Waals surface area contributed by atoms with Gasteiger partial charge in [-0.2, -0.15) is 0 Å². The zero-order valence-electron chi connectivity index (χ0n) is 15.7. The maximum Gasteiger partial charge on any atom is 0.159 e. The molecule has 0 aliphatic rings. The van der Waals surface area contributed by atoms with Crippen molar-refractivity contribution in [2.24, 2.45) is 0 Å². The first-order valence-corrected chi connectivity index (χ1v) is 10.7. The molecule has 0 amide bonds. The van der Waals surface area contributed by atoms with Crippen molar-refractivity contribution >= 4 is 37.6 Å². The molecular formula is C23H16N3O3S-. The molecule has 0 bridgehead atoms.